The van der Waals surface area contributed by atoms with E-state index in [1.165, 1.54) is 4.90 Å². The Hall–Kier alpha value is -1.61. The maximum atomic E-state index is 12.3. The summed E-state index contributed by atoms with van der Waals surface area (Å²) in [5.74, 6) is -0.442. The van der Waals surface area contributed by atoms with E-state index in [1.807, 2.05) is 12.2 Å². The zero-order chi connectivity index (χ0) is 12.7. The summed E-state index contributed by atoms with van der Waals surface area (Å²) in [6, 6.07) is 6.69. The van der Waals surface area contributed by atoms with Gasteiger partial charge in [0.1, 0.15) is 0 Å². The minimum absolute atomic E-state index is 0.197. The normalized spacial score (nSPS) is 26.6. The second kappa shape index (κ2) is 4.25. The monoisotopic (exact) mass is 261 g/mol. The van der Waals surface area contributed by atoms with Crippen molar-refractivity contribution in [2.45, 2.75) is 24.3 Å². The molecule has 0 N–H and O–H groups in total. The molecule has 2 atom stereocenters. The summed E-state index contributed by atoms with van der Waals surface area (Å²) in [6.07, 6.45) is 5.30. The van der Waals surface area contributed by atoms with Gasteiger partial charge in [-0.3, -0.25) is 14.5 Å². The number of carbonyl (C=O) groups excluding carboxylic acids is 2. The van der Waals surface area contributed by atoms with Crippen LogP contribution in [0.4, 0.5) is 0 Å². The van der Waals surface area contributed by atoms with E-state index in [2.05, 4.69) is 0 Å². The number of amides is 2. The van der Waals surface area contributed by atoms with E-state index in [9.17, 15) is 9.59 Å². The predicted molar refractivity (Wildman–Crippen MR) is 68.7 cm³/mol. The topological polar surface area (TPSA) is 37.4 Å². The fraction of sp³-hybridized carbons (Fsp3) is 0.286. The minimum atomic E-state index is -0.232. The SMILES string of the molecule is O=C1c2ccccc2C(=O)N1C1CC=CCC1Cl. The zero-order valence-electron chi connectivity index (χ0n) is 9.67. The van der Waals surface area contributed by atoms with Gasteiger partial charge in [0.25, 0.3) is 11.8 Å². The highest BCUT2D eigenvalue weighted by molar-refractivity contribution is 6.24. The maximum absolute atomic E-state index is 12.3. The Balaban J connectivity index is 1.99. The number of rotatable bonds is 1. The molecule has 0 saturated heterocycles. The quantitative estimate of drug-likeness (QED) is 0.443. The fourth-order valence-corrected chi connectivity index (χ4v) is 2.86. The molecule has 18 heavy (non-hydrogen) atoms. The van der Waals surface area contributed by atoms with Crippen molar-refractivity contribution in [1.29, 1.82) is 0 Å². The van der Waals surface area contributed by atoms with Crippen LogP contribution in [-0.4, -0.2) is 28.1 Å². The Labute approximate surface area is 110 Å². The van der Waals surface area contributed by atoms with Gasteiger partial charge in [-0.1, -0.05) is 24.3 Å². The van der Waals surface area contributed by atoms with Crippen LogP contribution in [0.15, 0.2) is 36.4 Å². The van der Waals surface area contributed by atoms with Crippen molar-refractivity contribution < 1.29 is 9.59 Å². The van der Waals surface area contributed by atoms with Gasteiger partial charge in [-0.15, -0.1) is 11.6 Å². The molecule has 0 saturated carbocycles. The van der Waals surface area contributed by atoms with Crippen LogP contribution < -0.4 is 0 Å². The Morgan fingerprint density at radius 1 is 1.00 bits per heavy atom. The van der Waals surface area contributed by atoms with E-state index in [-0.39, 0.29) is 23.2 Å². The second-order valence-electron chi connectivity index (χ2n) is 4.55. The molecule has 1 aliphatic heterocycles. The summed E-state index contributed by atoms with van der Waals surface area (Å²) in [4.78, 5) is 25.9. The van der Waals surface area contributed by atoms with Gasteiger partial charge >= 0.3 is 0 Å². The molecule has 3 rings (SSSR count). The van der Waals surface area contributed by atoms with Crippen LogP contribution in [0.5, 0.6) is 0 Å². The minimum Gasteiger partial charge on any atom is -0.269 e. The Bertz CT molecular complexity index is 517. The van der Waals surface area contributed by atoms with E-state index < -0.39 is 0 Å². The van der Waals surface area contributed by atoms with Crippen molar-refractivity contribution in [2.75, 3.05) is 0 Å². The van der Waals surface area contributed by atoms with Crippen LogP contribution >= 0.6 is 11.6 Å². The first kappa shape index (κ1) is 11.5. The Morgan fingerprint density at radius 2 is 1.56 bits per heavy atom. The molecule has 2 amide bonds. The van der Waals surface area contributed by atoms with Crippen LogP contribution in [0.2, 0.25) is 0 Å². The van der Waals surface area contributed by atoms with Crippen molar-refractivity contribution in [3.05, 3.63) is 47.5 Å². The fourth-order valence-electron chi connectivity index (χ4n) is 2.54. The van der Waals surface area contributed by atoms with Crippen LogP contribution in [0.1, 0.15) is 33.6 Å². The van der Waals surface area contributed by atoms with Crippen LogP contribution in [0, 0.1) is 0 Å². The molecule has 2 aliphatic rings. The highest BCUT2D eigenvalue weighted by atomic mass is 35.5. The van der Waals surface area contributed by atoms with E-state index in [0.29, 0.717) is 24.0 Å². The second-order valence-corrected chi connectivity index (χ2v) is 5.11. The summed E-state index contributed by atoms with van der Waals surface area (Å²) in [7, 11) is 0. The molecule has 0 spiro atoms. The summed E-state index contributed by atoms with van der Waals surface area (Å²) in [6.45, 7) is 0. The van der Waals surface area contributed by atoms with Gasteiger partial charge < -0.3 is 0 Å². The van der Waals surface area contributed by atoms with Crippen LogP contribution in [0.25, 0.3) is 0 Å². The van der Waals surface area contributed by atoms with Crippen LogP contribution in [0.3, 0.4) is 0 Å². The lowest BCUT2D eigenvalue weighted by Crippen LogP contribution is -2.45. The van der Waals surface area contributed by atoms with E-state index in [0.717, 1.165) is 0 Å². The van der Waals surface area contributed by atoms with Gasteiger partial charge in [-0.25, -0.2) is 0 Å². The van der Waals surface area contributed by atoms with Crippen molar-refractivity contribution in [2.24, 2.45) is 0 Å². The van der Waals surface area contributed by atoms with Crippen molar-refractivity contribution in [1.82, 2.24) is 4.90 Å². The summed E-state index contributed by atoms with van der Waals surface area (Å²) in [5.41, 5.74) is 0.974. The number of hydrogen-bond donors (Lipinski definition) is 0. The average Bonchev–Trinajstić information content (AvgIpc) is 2.64. The zero-order valence-corrected chi connectivity index (χ0v) is 10.4. The lowest BCUT2D eigenvalue weighted by molar-refractivity contribution is 0.0578. The summed E-state index contributed by atoms with van der Waals surface area (Å²) >= 11 is 6.24. The molecule has 0 fully saturated rings. The molecular weight excluding hydrogens is 250 g/mol. The largest absolute Gasteiger partial charge is 0.269 e. The molecule has 4 heteroatoms. The van der Waals surface area contributed by atoms with Crippen molar-refractivity contribution in [3.63, 3.8) is 0 Å². The van der Waals surface area contributed by atoms with Gasteiger partial charge in [0.05, 0.1) is 22.5 Å². The standard InChI is InChI=1S/C14H12ClNO2/c15-11-7-3-4-8-12(11)16-13(17)9-5-1-2-6-10(9)14(16)18/h1-6,11-12H,7-8H2. The van der Waals surface area contributed by atoms with Gasteiger partial charge in [0.15, 0.2) is 0 Å². The number of allylic oxidation sites excluding steroid dienone is 1. The molecule has 1 aliphatic carbocycles. The third kappa shape index (κ3) is 1.58. The van der Waals surface area contributed by atoms with E-state index >= 15 is 0 Å². The molecule has 0 bridgehead atoms. The molecule has 1 aromatic carbocycles. The first-order chi connectivity index (χ1) is 8.70. The Morgan fingerprint density at radius 3 is 2.11 bits per heavy atom. The van der Waals surface area contributed by atoms with Crippen LogP contribution in [-0.2, 0) is 0 Å². The lowest BCUT2D eigenvalue weighted by atomic mass is 10.00. The Kier molecular flexibility index (Phi) is 2.71. The number of hydrogen-bond acceptors (Lipinski definition) is 2. The number of imide groups is 1. The highest BCUT2D eigenvalue weighted by Gasteiger charge is 2.42. The smallest absolute Gasteiger partial charge is 0.261 e. The van der Waals surface area contributed by atoms with Gasteiger partial charge in [-0.2, -0.15) is 0 Å². The van der Waals surface area contributed by atoms with Gasteiger partial charge in [0, 0.05) is 0 Å². The average molecular weight is 262 g/mol. The highest BCUT2D eigenvalue weighted by Crippen LogP contribution is 2.30. The number of nitrogens with zero attached hydrogens (tertiary/aromatic N) is 1. The predicted octanol–water partition coefficient (Wildman–Crippen LogP) is 2.61. The molecule has 1 aromatic rings. The van der Waals surface area contributed by atoms with Crippen molar-refractivity contribution >= 4 is 23.4 Å². The van der Waals surface area contributed by atoms with Gasteiger partial charge in [0.2, 0.25) is 0 Å². The molecule has 3 nitrogen and oxygen atoms in total. The molecule has 2 unspecified atom stereocenters. The maximum Gasteiger partial charge on any atom is 0.261 e. The third-order valence-electron chi connectivity index (χ3n) is 3.48. The summed E-state index contributed by atoms with van der Waals surface area (Å²) in [5, 5.41) is -0.197. The number of halogens is 1. The molecule has 0 radical (unpaired) electrons. The molecule has 0 aromatic heterocycles. The van der Waals surface area contributed by atoms with Crippen molar-refractivity contribution in [3.8, 4) is 0 Å². The van der Waals surface area contributed by atoms with Gasteiger partial charge in [-0.05, 0) is 25.0 Å². The first-order valence-corrected chi connectivity index (χ1v) is 6.40. The van der Waals surface area contributed by atoms with E-state index in [1.54, 1.807) is 24.3 Å². The lowest BCUT2D eigenvalue weighted by Gasteiger charge is -2.30. The molecule has 1 heterocycles. The van der Waals surface area contributed by atoms with E-state index in [4.69, 9.17) is 11.6 Å². The number of alkyl halides is 1. The molecule has 92 valence electrons. The third-order valence-corrected chi connectivity index (χ3v) is 3.95. The first-order valence-electron chi connectivity index (χ1n) is 5.96. The number of carbonyl (C=O) groups is 2. The summed E-state index contributed by atoms with van der Waals surface area (Å²) < 4.78 is 0. The number of fused-ring (bicyclic) bond motifs is 1. The number of benzene rings is 1. The molecular formula is C14H12ClNO2.